The van der Waals surface area contributed by atoms with Gasteiger partial charge >= 0.3 is 0 Å². The lowest BCUT2D eigenvalue weighted by atomic mass is 10.1. The van der Waals surface area contributed by atoms with Crippen LogP contribution in [0.1, 0.15) is 37.6 Å². The Morgan fingerprint density at radius 3 is 2.35 bits per heavy atom. The molecule has 1 fully saturated rings. The molecule has 2 atom stereocenters. The fraction of sp³-hybridized carbons (Fsp3) is 0.500. The molecule has 3 heteroatoms. The Morgan fingerprint density at radius 1 is 1.24 bits per heavy atom. The lowest BCUT2D eigenvalue weighted by Crippen LogP contribution is -2.27. The zero-order chi connectivity index (χ0) is 12.4. The summed E-state index contributed by atoms with van der Waals surface area (Å²) in [5.74, 6) is 0.192. The second-order valence-corrected chi connectivity index (χ2v) is 4.57. The van der Waals surface area contributed by atoms with Crippen LogP contribution in [-0.4, -0.2) is 23.9 Å². The monoisotopic (exact) mass is 232 g/mol. The molecule has 1 aromatic rings. The van der Waals surface area contributed by atoms with Gasteiger partial charge in [-0.1, -0.05) is 38.1 Å². The number of carbonyl (C=O) groups excluding carboxylic acids is 1. The van der Waals surface area contributed by atoms with Crippen molar-refractivity contribution in [3.63, 3.8) is 0 Å². The highest BCUT2D eigenvalue weighted by Gasteiger charge is 2.35. The molecule has 1 amide bonds. The quantitative estimate of drug-likeness (QED) is 0.865. The zero-order valence-electron chi connectivity index (χ0n) is 10.7. The van der Waals surface area contributed by atoms with Crippen LogP contribution in [-0.2, 0) is 11.2 Å². The maximum absolute atomic E-state index is 11.9. The molecule has 92 valence electrons. The van der Waals surface area contributed by atoms with Crippen LogP contribution < -0.4 is 5.32 Å². The van der Waals surface area contributed by atoms with E-state index in [2.05, 4.69) is 36.5 Å². The normalized spacial score (nSPS) is 24.4. The summed E-state index contributed by atoms with van der Waals surface area (Å²) < 4.78 is 0. The number of benzene rings is 1. The van der Waals surface area contributed by atoms with Crippen LogP contribution in [0.2, 0.25) is 0 Å². The van der Waals surface area contributed by atoms with Crippen LogP contribution in [0.25, 0.3) is 0 Å². The molecule has 0 spiro atoms. The number of nitrogens with zero attached hydrogens (tertiary/aromatic N) is 1. The molecule has 0 aliphatic carbocycles. The third-order valence-electron chi connectivity index (χ3n) is 3.50. The SMILES string of the molecule is CCc1ccc(C2NC(CC)C(=O)N2C)cc1. The van der Waals surface area contributed by atoms with Crippen LogP contribution >= 0.6 is 0 Å². The first-order chi connectivity index (χ1) is 8.17. The predicted octanol–water partition coefficient (Wildman–Crippen LogP) is 2.09. The van der Waals surface area contributed by atoms with Crippen molar-refractivity contribution in [3.8, 4) is 0 Å². The van der Waals surface area contributed by atoms with Gasteiger partial charge in [0, 0.05) is 7.05 Å². The average molecular weight is 232 g/mol. The maximum atomic E-state index is 11.9. The van der Waals surface area contributed by atoms with E-state index in [1.165, 1.54) is 5.56 Å². The number of hydrogen-bond donors (Lipinski definition) is 1. The van der Waals surface area contributed by atoms with Crippen LogP contribution in [0, 0.1) is 0 Å². The minimum atomic E-state index is -0.0316. The van der Waals surface area contributed by atoms with Crippen molar-refractivity contribution in [2.24, 2.45) is 0 Å². The number of nitrogens with one attached hydrogen (secondary N) is 1. The molecule has 1 aliphatic heterocycles. The van der Waals surface area contributed by atoms with E-state index >= 15 is 0 Å². The van der Waals surface area contributed by atoms with Crippen molar-refractivity contribution in [1.82, 2.24) is 10.2 Å². The fourth-order valence-electron chi connectivity index (χ4n) is 2.29. The summed E-state index contributed by atoms with van der Waals surface area (Å²) in [6.45, 7) is 4.18. The van der Waals surface area contributed by atoms with Crippen molar-refractivity contribution in [2.75, 3.05) is 7.05 Å². The van der Waals surface area contributed by atoms with Crippen molar-refractivity contribution in [2.45, 2.75) is 38.9 Å². The van der Waals surface area contributed by atoms with E-state index in [4.69, 9.17) is 0 Å². The molecule has 17 heavy (non-hydrogen) atoms. The smallest absolute Gasteiger partial charge is 0.241 e. The molecule has 0 saturated carbocycles. The van der Waals surface area contributed by atoms with Gasteiger partial charge in [0.25, 0.3) is 0 Å². The number of rotatable bonds is 3. The fourth-order valence-corrected chi connectivity index (χ4v) is 2.29. The Kier molecular flexibility index (Phi) is 3.48. The van der Waals surface area contributed by atoms with E-state index in [-0.39, 0.29) is 18.1 Å². The molecular formula is C14H20N2O. The lowest BCUT2D eigenvalue weighted by Gasteiger charge is -2.19. The summed E-state index contributed by atoms with van der Waals surface area (Å²) in [6.07, 6.45) is 1.91. The minimum Gasteiger partial charge on any atom is -0.325 e. The molecular weight excluding hydrogens is 212 g/mol. The number of likely N-dealkylation sites (N-methyl/N-ethyl adjacent to an activating group) is 1. The Morgan fingerprint density at radius 2 is 1.88 bits per heavy atom. The zero-order valence-corrected chi connectivity index (χ0v) is 10.7. The Balaban J connectivity index is 2.19. The molecule has 0 radical (unpaired) electrons. The van der Waals surface area contributed by atoms with Gasteiger partial charge in [-0.05, 0) is 24.0 Å². The Bertz CT molecular complexity index is 399. The second kappa shape index (κ2) is 4.88. The van der Waals surface area contributed by atoms with E-state index in [1.54, 1.807) is 4.90 Å². The van der Waals surface area contributed by atoms with Crippen LogP contribution in [0.3, 0.4) is 0 Å². The Hall–Kier alpha value is -1.35. The number of amides is 1. The van der Waals surface area contributed by atoms with Gasteiger partial charge in [0.1, 0.15) is 6.17 Å². The van der Waals surface area contributed by atoms with Crippen molar-refractivity contribution in [3.05, 3.63) is 35.4 Å². The first-order valence-electron chi connectivity index (χ1n) is 6.29. The molecule has 3 nitrogen and oxygen atoms in total. The lowest BCUT2D eigenvalue weighted by molar-refractivity contribution is -0.128. The first-order valence-corrected chi connectivity index (χ1v) is 6.29. The Labute approximate surface area is 103 Å². The van der Waals surface area contributed by atoms with Crippen molar-refractivity contribution >= 4 is 5.91 Å². The number of aryl methyl sites for hydroxylation is 1. The summed E-state index contributed by atoms with van der Waals surface area (Å²) in [7, 11) is 1.86. The van der Waals surface area contributed by atoms with E-state index < -0.39 is 0 Å². The minimum absolute atomic E-state index is 0.0263. The molecule has 1 aliphatic rings. The van der Waals surface area contributed by atoms with Gasteiger partial charge in [-0.15, -0.1) is 0 Å². The van der Waals surface area contributed by atoms with Crippen molar-refractivity contribution < 1.29 is 4.79 Å². The summed E-state index contributed by atoms with van der Waals surface area (Å²) in [5, 5.41) is 3.37. The van der Waals surface area contributed by atoms with Crippen molar-refractivity contribution in [1.29, 1.82) is 0 Å². The largest absolute Gasteiger partial charge is 0.325 e. The van der Waals surface area contributed by atoms with E-state index in [9.17, 15) is 4.79 Å². The topological polar surface area (TPSA) is 32.3 Å². The molecule has 1 N–H and O–H groups in total. The molecule has 1 saturated heterocycles. The van der Waals surface area contributed by atoms with E-state index in [1.807, 2.05) is 14.0 Å². The van der Waals surface area contributed by atoms with Gasteiger partial charge in [-0.2, -0.15) is 0 Å². The van der Waals surface area contributed by atoms with E-state index in [0.717, 1.165) is 18.4 Å². The average Bonchev–Trinajstić information content (AvgIpc) is 2.66. The highest BCUT2D eigenvalue weighted by atomic mass is 16.2. The predicted molar refractivity (Wildman–Crippen MR) is 68.5 cm³/mol. The molecule has 1 heterocycles. The second-order valence-electron chi connectivity index (χ2n) is 4.57. The first kappa shape index (κ1) is 12.1. The molecule has 2 rings (SSSR count). The van der Waals surface area contributed by atoms with Gasteiger partial charge < -0.3 is 4.90 Å². The number of hydrogen-bond acceptors (Lipinski definition) is 2. The summed E-state index contributed by atoms with van der Waals surface area (Å²) in [5.41, 5.74) is 2.49. The van der Waals surface area contributed by atoms with Crippen LogP contribution in [0.15, 0.2) is 24.3 Å². The molecule has 0 aromatic heterocycles. The third-order valence-corrected chi connectivity index (χ3v) is 3.50. The summed E-state index contributed by atoms with van der Waals surface area (Å²) >= 11 is 0. The van der Waals surface area contributed by atoms with E-state index in [0.29, 0.717) is 0 Å². The van der Waals surface area contributed by atoms with Gasteiger partial charge in [0.05, 0.1) is 6.04 Å². The molecule has 2 unspecified atom stereocenters. The summed E-state index contributed by atoms with van der Waals surface area (Å²) in [6, 6.07) is 8.45. The van der Waals surface area contributed by atoms with Gasteiger partial charge in [0.15, 0.2) is 0 Å². The van der Waals surface area contributed by atoms with Gasteiger partial charge in [-0.25, -0.2) is 0 Å². The highest BCUT2D eigenvalue weighted by molar-refractivity contribution is 5.84. The van der Waals surface area contributed by atoms with Crippen LogP contribution in [0.5, 0.6) is 0 Å². The molecule has 1 aromatic carbocycles. The third kappa shape index (κ3) is 2.20. The number of carbonyl (C=O) groups is 1. The maximum Gasteiger partial charge on any atom is 0.241 e. The highest BCUT2D eigenvalue weighted by Crippen LogP contribution is 2.24. The van der Waals surface area contributed by atoms with Gasteiger partial charge in [-0.3, -0.25) is 10.1 Å². The standard InChI is InChI=1S/C14H20N2O/c1-4-10-6-8-11(9-7-10)13-15-12(5-2)14(17)16(13)3/h6-9,12-13,15H,4-5H2,1-3H3. The summed E-state index contributed by atoms with van der Waals surface area (Å²) in [4.78, 5) is 13.7. The van der Waals surface area contributed by atoms with Gasteiger partial charge in [0.2, 0.25) is 5.91 Å². The molecule has 0 bridgehead atoms. The van der Waals surface area contributed by atoms with Crippen LogP contribution in [0.4, 0.5) is 0 Å².